The van der Waals surface area contributed by atoms with E-state index in [0.29, 0.717) is 23.6 Å². The first-order valence-electron chi connectivity index (χ1n) is 18.7. The van der Waals surface area contributed by atoms with Crippen LogP contribution in [0.25, 0.3) is 0 Å². The first-order chi connectivity index (χ1) is 24.4. The molecule has 0 bridgehead atoms. The van der Waals surface area contributed by atoms with Crippen LogP contribution in [0, 0.1) is 11.3 Å². The smallest absolute Gasteiger partial charge is 0.124 e. The molecule has 0 radical (unpaired) electrons. The molecule has 5 heteroatoms. The highest BCUT2D eigenvalue weighted by molar-refractivity contribution is 5.69. The third kappa shape index (κ3) is 11.0. The molecule has 5 aromatic rings. The van der Waals surface area contributed by atoms with Crippen molar-refractivity contribution in [1.29, 1.82) is 0 Å². The van der Waals surface area contributed by atoms with Gasteiger partial charge >= 0.3 is 0 Å². The first-order valence-corrected chi connectivity index (χ1v) is 18.7. The fourth-order valence-corrected chi connectivity index (χ4v) is 6.72. The quantitative estimate of drug-likeness (QED) is 0.0898. The molecule has 52 heavy (non-hydrogen) atoms. The van der Waals surface area contributed by atoms with Gasteiger partial charge in [0.2, 0.25) is 0 Å². The number of phenols is 1. The SMILES string of the molecule is CC(Cc1ccc(Nc2ccc(Nc3ccc(Nc4ccc(NCc5cc(C(C)(C)C)cc(C(C)(C)C)c5O)cc4)cc3)cc2)cc1)CC(C)(C)C. The van der Waals surface area contributed by atoms with E-state index in [1.165, 1.54) is 17.5 Å². The normalized spacial score (nSPS) is 12.7. The van der Waals surface area contributed by atoms with E-state index in [9.17, 15) is 5.11 Å². The molecular formula is C47H60N4O. The van der Waals surface area contributed by atoms with Crippen molar-refractivity contribution in [1.82, 2.24) is 0 Å². The predicted molar refractivity (Wildman–Crippen MR) is 225 cm³/mol. The Morgan fingerprint density at radius 1 is 0.519 bits per heavy atom. The summed E-state index contributed by atoms with van der Waals surface area (Å²) in [5, 5.41) is 25.2. The van der Waals surface area contributed by atoms with Crippen LogP contribution in [-0.2, 0) is 23.8 Å². The Bertz CT molecular complexity index is 1890. The van der Waals surface area contributed by atoms with Gasteiger partial charge in [-0.1, -0.05) is 87.4 Å². The number of hydrogen-bond acceptors (Lipinski definition) is 5. The van der Waals surface area contributed by atoms with Crippen LogP contribution in [0.3, 0.4) is 0 Å². The van der Waals surface area contributed by atoms with E-state index in [4.69, 9.17) is 0 Å². The molecule has 274 valence electrons. The predicted octanol–water partition coefficient (Wildman–Crippen LogP) is 13.4. The molecule has 5 rings (SSSR count). The van der Waals surface area contributed by atoms with Crippen molar-refractivity contribution in [3.8, 4) is 5.75 Å². The number of anilines is 7. The Hall–Kier alpha value is -4.90. The topological polar surface area (TPSA) is 68.3 Å². The van der Waals surface area contributed by atoms with Gasteiger partial charge in [-0.25, -0.2) is 0 Å². The van der Waals surface area contributed by atoms with Crippen LogP contribution in [0.2, 0.25) is 0 Å². The van der Waals surface area contributed by atoms with Gasteiger partial charge in [-0.3, -0.25) is 0 Å². The largest absolute Gasteiger partial charge is 0.507 e. The van der Waals surface area contributed by atoms with Crippen LogP contribution in [0.1, 0.15) is 97.9 Å². The minimum Gasteiger partial charge on any atom is -0.507 e. The lowest BCUT2D eigenvalue weighted by atomic mass is 9.79. The van der Waals surface area contributed by atoms with Crippen molar-refractivity contribution >= 4 is 39.8 Å². The minimum absolute atomic E-state index is 0.00769. The molecule has 0 aliphatic heterocycles. The molecular weight excluding hydrogens is 637 g/mol. The third-order valence-corrected chi connectivity index (χ3v) is 9.37. The Balaban J connectivity index is 1.11. The second kappa shape index (κ2) is 15.8. The van der Waals surface area contributed by atoms with E-state index < -0.39 is 0 Å². The number of phenolic OH excluding ortho intramolecular Hbond substituents is 1. The molecule has 0 saturated heterocycles. The monoisotopic (exact) mass is 696 g/mol. The number of nitrogens with one attached hydrogen (secondary N) is 4. The zero-order valence-electron chi connectivity index (χ0n) is 33.0. The molecule has 0 heterocycles. The molecule has 1 atom stereocenters. The van der Waals surface area contributed by atoms with Gasteiger partial charge in [-0.2, -0.15) is 0 Å². The van der Waals surface area contributed by atoms with Crippen molar-refractivity contribution < 1.29 is 5.11 Å². The highest BCUT2D eigenvalue weighted by Gasteiger charge is 2.25. The molecule has 1 unspecified atom stereocenters. The number of rotatable bonds is 12. The maximum atomic E-state index is 11.2. The van der Waals surface area contributed by atoms with Gasteiger partial charge in [-0.15, -0.1) is 0 Å². The van der Waals surface area contributed by atoms with Crippen LogP contribution in [0.5, 0.6) is 5.75 Å². The van der Waals surface area contributed by atoms with Crippen LogP contribution >= 0.6 is 0 Å². The average molecular weight is 697 g/mol. The Labute approximate surface area is 313 Å². The first kappa shape index (κ1) is 38.3. The number of hydrogen-bond donors (Lipinski definition) is 5. The highest BCUT2D eigenvalue weighted by Crippen LogP contribution is 2.38. The second-order valence-electron chi connectivity index (χ2n) is 17.8. The molecule has 0 fully saturated rings. The summed E-state index contributed by atoms with van der Waals surface area (Å²) in [5.41, 5.74) is 12.0. The van der Waals surface area contributed by atoms with Crippen LogP contribution in [0.15, 0.2) is 109 Å². The third-order valence-electron chi connectivity index (χ3n) is 9.37. The fraction of sp³-hybridized carbons (Fsp3) is 0.362. The maximum Gasteiger partial charge on any atom is 0.124 e. The zero-order valence-corrected chi connectivity index (χ0v) is 33.0. The lowest BCUT2D eigenvalue weighted by Gasteiger charge is -2.27. The summed E-state index contributed by atoms with van der Waals surface area (Å²) in [5.74, 6) is 1.05. The molecule has 5 aromatic carbocycles. The molecule has 5 nitrogen and oxygen atoms in total. The lowest BCUT2D eigenvalue weighted by molar-refractivity contribution is 0.306. The van der Waals surface area contributed by atoms with Crippen molar-refractivity contribution in [3.63, 3.8) is 0 Å². The van der Waals surface area contributed by atoms with E-state index in [-0.39, 0.29) is 10.8 Å². The number of aromatic hydroxyl groups is 1. The van der Waals surface area contributed by atoms with Gasteiger partial charge in [0.05, 0.1) is 0 Å². The molecule has 0 saturated carbocycles. The lowest BCUT2D eigenvalue weighted by Crippen LogP contribution is -2.18. The minimum atomic E-state index is -0.149. The summed E-state index contributed by atoms with van der Waals surface area (Å²) in [4.78, 5) is 0. The van der Waals surface area contributed by atoms with Crippen molar-refractivity contribution in [2.45, 2.75) is 99.5 Å². The summed E-state index contributed by atoms with van der Waals surface area (Å²) >= 11 is 0. The summed E-state index contributed by atoms with van der Waals surface area (Å²) in [7, 11) is 0. The van der Waals surface area contributed by atoms with E-state index in [1.54, 1.807) is 0 Å². The zero-order chi connectivity index (χ0) is 37.7. The molecule has 0 aromatic heterocycles. The van der Waals surface area contributed by atoms with E-state index in [0.717, 1.165) is 57.4 Å². The van der Waals surface area contributed by atoms with Gasteiger partial charge in [-0.05, 0) is 143 Å². The van der Waals surface area contributed by atoms with Gasteiger partial charge in [0.1, 0.15) is 5.75 Å². The summed E-state index contributed by atoms with van der Waals surface area (Å²) < 4.78 is 0. The van der Waals surface area contributed by atoms with E-state index in [1.807, 2.05) is 0 Å². The summed E-state index contributed by atoms with van der Waals surface area (Å²) in [6.45, 7) is 22.9. The van der Waals surface area contributed by atoms with Crippen LogP contribution in [0.4, 0.5) is 39.8 Å². The van der Waals surface area contributed by atoms with Gasteiger partial charge < -0.3 is 26.4 Å². The highest BCUT2D eigenvalue weighted by atomic mass is 16.3. The Morgan fingerprint density at radius 3 is 1.27 bits per heavy atom. The van der Waals surface area contributed by atoms with Gasteiger partial charge in [0.15, 0.2) is 0 Å². The molecule has 0 aliphatic rings. The summed E-state index contributed by atoms with van der Waals surface area (Å²) in [6, 6.07) is 38.1. The van der Waals surface area contributed by atoms with E-state index >= 15 is 0 Å². The summed E-state index contributed by atoms with van der Waals surface area (Å²) in [6.07, 6.45) is 2.34. The fourth-order valence-electron chi connectivity index (χ4n) is 6.72. The molecule has 0 spiro atoms. The van der Waals surface area contributed by atoms with Gasteiger partial charge in [0, 0.05) is 51.9 Å². The Kier molecular flexibility index (Phi) is 11.6. The average Bonchev–Trinajstić information content (AvgIpc) is 3.06. The maximum absolute atomic E-state index is 11.2. The van der Waals surface area contributed by atoms with Crippen molar-refractivity contribution in [2.75, 3.05) is 21.3 Å². The standard InChI is InChI=1S/C47H60N4O/c1-32(30-45(2,3)4)27-33-11-13-37(14-12-33)49-39-19-21-41(22-20-39)51-42-25-23-40(24-26-42)50-38-17-15-36(16-18-38)48-31-34-28-35(46(5,6)7)29-43(44(34)52)47(8,9)10/h11-26,28-29,32,48-52H,27,30-31H2,1-10H3. The second-order valence-corrected chi connectivity index (χ2v) is 17.8. The molecule has 0 amide bonds. The van der Waals surface area contributed by atoms with Crippen LogP contribution < -0.4 is 21.3 Å². The number of benzene rings is 5. The van der Waals surface area contributed by atoms with Crippen molar-refractivity contribution in [2.24, 2.45) is 11.3 Å². The van der Waals surface area contributed by atoms with Crippen molar-refractivity contribution in [3.05, 3.63) is 131 Å². The van der Waals surface area contributed by atoms with Gasteiger partial charge in [0.25, 0.3) is 0 Å². The molecule has 0 aliphatic carbocycles. The van der Waals surface area contributed by atoms with Crippen LogP contribution in [-0.4, -0.2) is 5.11 Å². The van der Waals surface area contributed by atoms with E-state index in [2.05, 4.69) is 200 Å². The Morgan fingerprint density at radius 2 is 0.904 bits per heavy atom. The molecule has 5 N–H and O–H groups in total.